The van der Waals surface area contributed by atoms with Gasteiger partial charge in [0, 0.05) is 12.4 Å². The Morgan fingerprint density at radius 3 is 3.18 bits per heavy atom. The molecule has 0 N–H and O–H groups in total. The first-order chi connectivity index (χ1) is 5.38. The molecule has 0 spiro atoms. The number of nitrogens with zero attached hydrogens (tertiary/aromatic N) is 2. The van der Waals surface area contributed by atoms with E-state index in [0.717, 1.165) is 12.0 Å². The van der Waals surface area contributed by atoms with E-state index in [1.165, 1.54) is 6.21 Å². The van der Waals surface area contributed by atoms with Crippen LogP contribution in [0.25, 0.3) is 0 Å². The molecule has 0 radical (unpaired) electrons. The molecule has 2 aliphatic heterocycles. The second kappa shape index (κ2) is 2.27. The number of dihydropyridines is 1. The van der Waals surface area contributed by atoms with Crippen LogP contribution in [0.2, 0.25) is 0 Å². The fourth-order valence-electron chi connectivity index (χ4n) is 1.08. The second-order valence-corrected chi connectivity index (χ2v) is 2.34. The van der Waals surface area contributed by atoms with E-state index in [4.69, 9.17) is 0 Å². The van der Waals surface area contributed by atoms with E-state index in [-0.39, 0.29) is 5.91 Å². The zero-order valence-corrected chi connectivity index (χ0v) is 5.82. The smallest absolute Gasteiger partial charge is 0.265 e. The summed E-state index contributed by atoms with van der Waals surface area (Å²) in [5.74, 6) is -0.230. The molecule has 0 aromatic rings. The molecule has 0 fully saturated rings. The average Bonchev–Trinajstić information content (AvgIpc) is 2.06. The largest absolute Gasteiger partial charge is 0.295 e. The van der Waals surface area contributed by atoms with Crippen LogP contribution in [0.5, 0.6) is 0 Å². The van der Waals surface area contributed by atoms with Gasteiger partial charge < -0.3 is 0 Å². The first kappa shape index (κ1) is 6.22. The number of allylic oxidation sites excluding steroid dienone is 2. The predicted molar refractivity (Wildman–Crippen MR) is 42.8 cm³/mol. The molecule has 0 unspecified atom stereocenters. The van der Waals surface area contributed by atoms with E-state index in [2.05, 4.69) is 9.98 Å². The van der Waals surface area contributed by atoms with Crippen LogP contribution in [-0.2, 0) is 4.79 Å². The fourth-order valence-corrected chi connectivity index (χ4v) is 1.08. The van der Waals surface area contributed by atoms with Gasteiger partial charge >= 0.3 is 0 Å². The number of carbonyl (C=O) groups excluding carboxylic acids is 1. The van der Waals surface area contributed by atoms with Gasteiger partial charge in [-0.15, -0.1) is 0 Å². The third kappa shape index (κ3) is 0.941. The second-order valence-electron chi connectivity index (χ2n) is 2.34. The summed E-state index contributed by atoms with van der Waals surface area (Å²) >= 11 is 0. The molecule has 2 heterocycles. The van der Waals surface area contributed by atoms with Crippen LogP contribution in [0, 0.1) is 0 Å². The summed E-state index contributed by atoms with van der Waals surface area (Å²) in [5, 5.41) is 0. The van der Waals surface area contributed by atoms with Crippen molar-refractivity contribution in [3.8, 4) is 0 Å². The summed E-state index contributed by atoms with van der Waals surface area (Å²) in [6, 6.07) is 0. The fraction of sp³-hybridized carbons (Fsp3) is 0.125. The van der Waals surface area contributed by atoms with Gasteiger partial charge in [-0.25, -0.2) is 4.99 Å². The Hall–Kier alpha value is -1.51. The van der Waals surface area contributed by atoms with Crippen molar-refractivity contribution in [2.75, 3.05) is 0 Å². The number of aliphatic imine (C=N–C) groups is 2. The van der Waals surface area contributed by atoms with Gasteiger partial charge in [0.15, 0.2) is 0 Å². The number of rotatable bonds is 0. The van der Waals surface area contributed by atoms with Crippen LogP contribution in [0.1, 0.15) is 6.42 Å². The van der Waals surface area contributed by atoms with Gasteiger partial charge in [-0.2, -0.15) is 0 Å². The minimum Gasteiger partial charge on any atom is -0.265 e. The maximum Gasteiger partial charge on any atom is 0.295 e. The first-order valence-electron chi connectivity index (χ1n) is 3.38. The highest BCUT2D eigenvalue weighted by atomic mass is 16.1. The molecule has 11 heavy (non-hydrogen) atoms. The summed E-state index contributed by atoms with van der Waals surface area (Å²) in [5.41, 5.74) is 1.46. The standard InChI is InChI=1S/C8H6N2O/c11-8-7-6(3-5-10-8)2-1-4-9-7/h1,3-5H,2H2. The van der Waals surface area contributed by atoms with Crippen molar-refractivity contribution in [1.29, 1.82) is 0 Å². The average molecular weight is 146 g/mol. The first-order valence-corrected chi connectivity index (χ1v) is 3.38. The van der Waals surface area contributed by atoms with Gasteiger partial charge in [-0.05, 0) is 18.1 Å². The van der Waals surface area contributed by atoms with E-state index >= 15 is 0 Å². The van der Waals surface area contributed by atoms with E-state index in [9.17, 15) is 4.79 Å². The minimum absolute atomic E-state index is 0.230. The molecule has 0 bridgehead atoms. The molecular weight excluding hydrogens is 140 g/mol. The molecule has 0 atom stereocenters. The molecular formula is C8H6N2O. The van der Waals surface area contributed by atoms with Crippen molar-refractivity contribution in [3.05, 3.63) is 23.9 Å². The maximum atomic E-state index is 11.0. The topological polar surface area (TPSA) is 41.8 Å². The molecule has 0 aromatic carbocycles. The molecule has 1 amide bonds. The number of amides is 1. The summed E-state index contributed by atoms with van der Waals surface area (Å²) in [6.45, 7) is 0. The molecule has 0 saturated carbocycles. The Kier molecular flexibility index (Phi) is 1.28. The molecule has 54 valence electrons. The van der Waals surface area contributed by atoms with Gasteiger partial charge in [-0.3, -0.25) is 9.79 Å². The van der Waals surface area contributed by atoms with Crippen molar-refractivity contribution in [2.24, 2.45) is 9.98 Å². The molecule has 0 saturated heterocycles. The Balaban J connectivity index is 2.48. The highest BCUT2D eigenvalue weighted by Gasteiger charge is 2.18. The number of hydrogen-bond acceptors (Lipinski definition) is 2. The molecule has 3 heteroatoms. The third-order valence-electron chi connectivity index (χ3n) is 1.62. The maximum absolute atomic E-state index is 11.0. The van der Waals surface area contributed by atoms with E-state index in [1.807, 2.05) is 12.2 Å². The van der Waals surface area contributed by atoms with Crippen LogP contribution >= 0.6 is 0 Å². The van der Waals surface area contributed by atoms with Gasteiger partial charge in [0.25, 0.3) is 5.91 Å². The lowest BCUT2D eigenvalue weighted by Crippen LogP contribution is -2.18. The van der Waals surface area contributed by atoms with Crippen LogP contribution in [0.4, 0.5) is 0 Å². The minimum atomic E-state index is -0.230. The molecule has 2 aliphatic rings. The SMILES string of the molecule is O=C1N=CC=C2CC=CN=C12. The zero-order valence-electron chi connectivity index (χ0n) is 5.82. The van der Waals surface area contributed by atoms with Gasteiger partial charge in [0.05, 0.1) is 0 Å². The van der Waals surface area contributed by atoms with Crippen molar-refractivity contribution in [1.82, 2.24) is 0 Å². The van der Waals surface area contributed by atoms with Crippen molar-refractivity contribution in [3.63, 3.8) is 0 Å². The summed E-state index contributed by atoms with van der Waals surface area (Å²) < 4.78 is 0. The molecule has 0 aliphatic carbocycles. The molecule has 3 nitrogen and oxygen atoms in total. The third-order valence-corrected chi connectivity index (χ3v) is 1.62. The molecule has 0 aromatic heterocycles. The lowest BCUT2D eigenvalue weighted by molar-refractivity contribution is -0.111. The summed E-state index contributed by atoms with van der Waals surface area (Å²) in [7, 11) is 0. The van der Waals surface area contributed by atoms with Crippen molar-refractivity contribution >= 4 is 17.8 Å². The van der Waals surface area contributed by atoms with E-state index < -0.39 is 0 Å². The van der Waals surface area contributed by atoms with Gasteiger partial charge in [0.1, 0.15) is 5.71 Å². The Bertz CT molecular complexity index is 321. The van der Waals surface area contributed by atoms with Crippen LogP contribution in [-0.4, -0.2) is 17.8 Å². The Morgan fingerprint density at radius 1 is 1.45 bits per heavy atom. The predicted octanol–water partition coefficient (Wildman–Crippen LogP) is 0.882. The van der Waals surface area contributed by atoms with Gasteiger partial charge in [-0.1, -0.05) is 6.08 Å². The molecule has 2 rings (SSSR count). The summed E-state index contributed by atoms with van der Waals surface area (Å²) in [4.78, 5) is 18.6. The Labute approximate surface area is 63.9 Å². The lowest BCUT2D eigenvalue weighted by Gasteiger charge is -2.10. The van der Waals surface area contributed by atoms with Crippen molar-refractivity contribution < 1.29 is 4.79 Å². The normalized spacial score (nSPS) is 20.9. The lowest BCUT2D eigenvalue weighted by atomic mass is 10.0. The van der Waals surface area contributed by atoms with E-state index in [1.54, 1.807) is 6.20 Å². The number of carbonyl (C=O) groups is 1. The van der Waals surface area contributed by atoms with E-state index in [0.29, 0.717) is 5.71 Å². The quantitative estimate of drug-likeness (QED) is 0.500. The van der Waals surface area contributed by atoms with Crippen LogP contribution in [0.3, 0.4) is 0 Å². The van der Waals surface area contributed by atoms with Crippen LogP contribution in [0.15, 0.2) is 33.9 Å². The Morgan fingerprint density at radius 2 is 2.36 bits per heavy atom. The monoisotopic (exact) mass is 146 g/mol. The number of fused-ring (bicyclic) bond motifs is 1. The highest BCUT2D eigenvalue weighted by molar-refractivity contribution is 6.48. The highest BCUT2D eigenvalue weighted by Crippen LogP contribution is 2.13. The summed E-state index contributed by atoms with van der Waals surface area (Å²) in [6.07, 6.45) is 7.70. The van der Waals surface area contributed by atoms with Crippen molar-refractivity contribution in [2.45, 2.75) is 6.42 Å². The van der Waals surface area contributed by atoms with Gasteiger partial charge in [0.2, 0.25) is 0 Å². The zero-order chi connectivity index (χ0) is 7.68. The van der Waals surface area contributed by atoms with Crippen LogP contribution < -0.4 is 0 Å². The number of hydrogen-bond donors (Lipinski definition) is 0.